The molecule has 4 nitrogen and oxygen atoms in total. The Balaban J connectivity index is 2.71. The molecule has 1 aromatic rings. The molecule has 54 valence electrons. The van der Waals surface area contributed by atoms with E-state index in [0.717, 1.165) is 0 Å². The second kappa shape index (κ2) is 1.88. The molecule has 0 bridgehead atoms. The fraction of sp³-hybridized carbons (Fsp3) is 0. The summed E-state index contributed by atoms with van der Waals surface area (Å²) in [5.41, 5.74) is 6.39. The van der Waals surface area contributed by atoms with E-state index in [1.54, 1.807) is 18.3 Å². The lowest BCUT2D eigenvalue weighted by atomic mass is 10.2. The van der Waals surface area contributed by atoms with Gasteiger partial charge in [0.15, 0.2) is 5.84 Å². The molecule has 1 aliphatic heterocycles. The number of aromatic nitrogens is 1. The number of carbonyl (C=O) groups excluding carboxylic acids is 1. The van der Waals surface area contributed by atoms with Crippen molar-refractivity contribution in [2.45, 2.75) is 0 Å². The summed E-state index contributed by atoms with van der Waals surface area (Å²) in [6.07, 6.45) is 1.58. The summed E-state index contributed by atoms with van der Waals surface area (Å²) in [6.45, 7) is 0. The minimum absolute atomic E-state index is 0.214. The van der Waals surface area contributed by atoms with Gasteiger partial charge in [0.25, 0.3) is 5.91 Å². The number of nitrogens with two attached hydrogens (primary N) is 1. The van der Waals surface area contributed by atoms with Gasteiger partial charge in [-0.05, 0) is 12.1 Å². The van der Waals surface area contributed by atoms with Gasteiger partial charge in [-0.15, -0.1) is 0 Å². The van der Waals surface area contributed by atoms with Gasteiger partial charge in [0.2, 0.25) is 0 Å². The van der Waals surface area contributed by atoms with Crippen molar-refractivity contribution in [3.63, 3.8) is 0 Å². The highest BCUT2D eigenvalue weighted by Crippen LogP contribution is 2.12. The summed E-state index contributed by atoms with van der Waals surface area (Å²) in [6, 6.07) is 3.35. The Morgan fingerprint density at radius 2 is 2.27 bits per heavy atom. The van der Waals surface area contributed by atoms with Crippen LogP contribution in [0.5, 0.6) is 0 Å². The van der Waals surface area contributed by atoms with Crippen molar-refractivity contribution >= 4 is 11.7 Å². The molecule has 0 radical (unpaired) electrons. The molecule has 2 rings (SSSR count). The largest absolute Gasteiger partial charge is 0.382 e. The number of amides is 1. The molecule has 1 aromatic heterocycles. The second-order valence-corrected chi connectivity index (χ2v) is 2.20. The Morgan fingerprint density at radius 3 is 3.00 bits per heavy atom. The maximum atomic E-state index is 11.0. The minimum atomic E-state index is -0.300. The van der Waals surface area contributed by atoms with E-state index >= 15 is 0 Å². The number of aliphatic imine (C=N–C) groups is 1. The maximum Gasteiger partial charge on any atom is 0.281 e. The monoisotopic (exact) mass is 147 g/mol. The highest BCUT2D eigenvalue weighted by molar-refractivity contribution is 6.18. The van der Waals surface area contributed by atoms with Gasteiger partial charge in [0.1, 0.15) is 5.69 Å². The summed E-state index contributed by atoms with van der Waals surface area (Å²) >= 11 is 0. The summed E-state index contributed by atoms with van der Waals surface area (Å²) in [7, 11) is 0. The molecule has 2 N–H and O–H groups in total. The Morgan fingerprint density at radius 1 is 1.45 bits per heavy atom. The first-order chi connectivity index (χ1) is 5.29. The van der Waals surface area contributed by atoms with Crippen LogP contribution in [0.25, 0.3) is 0 Å². The molecule has 0 saturated heterocycles. The molecule has 0 aromatic carbocycles. The van der Waals surface area contributed by atoms with E-state index in [2.05, 4.69) is 9.98 Å². The number of hydrogen-bond donors (Lipinski definition) is 1. The highest BCUT2D eigenvalue weighted by atomic mass is 16.1. The zero-order chi connectivity index (χ0) is 7.84. The first-order valence-electron chi connectivity index (χ1n) is 3.13. The second-order valence-electron chi connectivity index (χ2n) is 2.20. The number of nitrogens with zero attached hydrogens (tertiary/aromatic N) is 2. The lowest BCUT2D eigenvalue weighted by Gasteiger charge is -1.92. The van der Waals surface area contributed by atoms with Gasteiger partial charge in [-0.3, -0.25) is 9.78 Å². The molecule has 0 saturated carbocycles. The van der Waals surface area contributed by atoms with Crippen LogP contribution < -0.4 is 5.73 Å². The van der Waals surface area contributed by atoms with Crippen LogP contribution in [0, 0.1) is 0 Å². The molecule has 0 fully saturated rings. The van der Waals surface area contributed by atoms with Crippen molar-refractivity contribution in [2.24, 2.45) is 10.7 Å². The molecular weight excluding hydrogens is 142 g/mol. The Hall–Kier alpha value is -1.71. The van der Waals surface area contributed by atoms with Crippen molar-refractivity contribution in [3.8, 4) is 0 Å². The predicted octanol–water partition coefficient (Wildman–Crippen LogP) is -0.0593. The highest BCUT2D eigenvalue weighted by Gasteiger charge is 2.21. The van der Waals surface area contributed by atoms with Gasteiger partial charge in [0, 0.05) is 6.20 Å². The zero-order valence-electron chi connectivity index (χ0n) is 5.61. The third-order valence-corrected chi connectivity index (χ3v) is 1.50. The summed E-state index contributed by atoms with van der Waals surface area (Å²) < 4.78 is 0. The molecule has 11 heavy (non-hydrogen) atoms. The number of fused-ring (bicyclic) bond motifs is 1. The van der Waals surface area contributed by atoms with Crippen LogP contribution in [0.4, 0.5) is 0 Å². The lowest BCUT2D eigenvalue weighted by Crippen LogP contribution is -2.11. The average molecular weight is 147 g/mol. The molecule has 0 aliphatic carbocycles. The van der Waals surface area contributed by atoms with E-state index in [1.165, 1.54) is 0 Å². The van der Waals surface area contributed by atoms with Crippen LogP contribution >= 0.6 is 0 Å². The summed E-state index contributed by atoms with van der Waals surface area (Å²) in [5, 5.41) is 0. The van der Waals surface area contributed by atoms with Crippen molar-refractivity contribution in [3.05, 3.63) is 29.6 Å². The van der Waals surface area contributed by atoms with Gasteiger partial charge in [-0.2, -0.15) is 4.99 Å². The molecule has 4 heteroatoms. The van der Waals surface area contributed by atoms with Gasteiger partial charge < -0.3 is 5.73 Å². The Labute approximate surface area is 62.8 Å². The third kappa shape index (κ3) is 0.724. The SMILES string of the molecule is NC1=NC(=O)c2cccnc21. The van der Waals surface area contributed by atoms with Crippen molar-refractivity contribution in [1.29, 1.82) is 0 Å². The zero-order valence-corrected chi connectivity index (χ0v) is 5.61. The normalized spacial score (nSPS) is 14.5. The van der Waals surface area contributed by atoms with E-state index < -0.39 is 0 Å². The molecule has 2 heterocycles. The minimum Gasteiger partial charge on any atom is -0.382 e. The van der Waals surface area contributed by atoms with Crippen LogP contribution in [0.3, 0.4) is 0 Å². The summed E-state index contributed by atoms with van der Waals surface area (Å²) in [5.74, 6) is -0.0869. The van der Waals surface area contributed by atoms with Crippen LogP contribution in [0.15, 0.2) is 23.3 Å². The smallest absolute Gasteiger partial charge is 0.281 e. The van der Waals surface area contributed by atoms with E-state index in [4.69, 9.17) is 5.73 Å². The molecule has 0 atom stereocenters. The van der Waals surface area contributed by atoms with E-state index in [-0.39, 0.29) is 11.7 Å². The molecule has 0 spiro atoms. The number of pyridine rings is 1. The van der Waals surface area contributed by atoms with Crippen LogP contribution in [0.2, 0.25) is 0 Å². The fourth-order valence-electron chi connectivity index (χ4n) is 1.00. The van der Waals surface area contributed by atoms with E-state index in [0.29, 0.717) is 11.3 Å². The Kier molecular flexibility index (Phi) is 1.03. The van der Waals surface area contributed by atoms with Gasteiger partial charge in [0.05, 0.1) is 5.56 Å². The quantitative estimate of drug-likeness (QED) is 0.559. The molecule has 0 unspecified atom stereocenters. The van der Waals surface area contributed by atoms with Gasteiger partial charge in [-0.25, -0.2) is 0 Å². The maximum absolute atomic E-state index is 11.0. The summed E-state index contributed by atoms with van der Waals surface area (Å²) in [4.78, 5) is 18.4. The van der Waals surface area contributed by atoms with Crippen molar-refractivity contribution in [1.82, 2.24) is 4.98 Å². The number of rotatable bonds is 0. The third-order valence-electron chi connectivity index (χ3n) is 1.50. The van der Waals surface area contributed by atoms with Crippen molar-refractivity contribution < 1.29 is 4.79 Å². The molecular formula is C7H5N3O. The van der Waals surface area contributed by atoms with E-state index in [1.807, 2.05) is 0 Å². The standard InChI is InChI=1S/C7H5N3O/c8-6-5-4(7(11)10-6)2-1-3-9-5/h1-3H,(H2,8,10,11). The van der Waals surface area contributed by atoms with Crippen molar-refractivity contribution in [2.75, 3.05) is 0 Å². The topological polar surface area (TPSA) is 68.3 Å². The fourth-order valence-corrected chi connectivity index (χ4v) is 1.00. The first kappa shape index (κ1) is 6.03. The predicted molar refractivity (Wildman–Crippen MR) is 39.3 cm³/mol. The van der Waals surface area contributed by atoms with Gasteiger partial charge in [-0.1, -0.05) is 0 Å². The van der Waals surface area contributed by atoms with Crippen LogP contribution in [0.1, 0.15) is 16.1 Å². The van der Waals surface area contributed by atoms with Crippen LogP contribution in [-0.4, -0.2) is 16.7 Å². The lowest BCUT2D eigenvalue weighted by molar-refractivity contribution is 0.101. The number of amidine groups is 1. The molecule has 1 aliphatic rings. The van der Waals surface area contributed by atoms with Gasteiger partial charge >= 0.3 is 0 Å². The Bertz CT molecular complexity index is 356. The first-order valence-corrected chi connectivity index (χ1v) is 3.13. The number of hydrogen-bond acceptors (Lipinski definition) is 3. The number of carbonyl (C=O) groups is 1. The average Bonchev–Trinajstić information content (AvgIpc) is 2.30. The van der Waals surface area contributed by atoms with Crippen LogP contribution in [-0.2, 0) is 0 Å². The van der Waals surface area contributed by atoms with E-state index in [9.17, 15) is 4.79 Å². The molecule has 1 amide bonds.